The Balaban J connectivity index is 1.82. The molecular weight excluding hydrogens is 256 g/mol. The zero-order valence-electron chi connectivity index (χ0n) is 9.38. The van der Waals surface area contributed by atoms with Gasteiger partial charge in [0.15, 0.2) is 5.69 Å². The Bertz CT molecular complexity index is 503. The molecule has 1 saturated heterocycles. The van der Waals surface area contributed by atoms with Crippen molar-refractivity contribution in [3.8, 4) is 11.6 Å². The van der Waals surface area contributed by atoms with Crippen LogP contribution in [0.4, 0.5) is 0 Å². The Morgan fingerprint density at radius 3 is 2.71 bits per heavy atom. The van der Waals surface area contributed by atoms with Crippen molar-refractivity contribution in [1.82, 2.24) is 9.97 Å². The van der Waals surface area contributed by atoms with Crippen LogP contribution in [0.15, 0.2) is 21.4 Å². The van der Waals surface area contributed by atoms with Crippen LogP contribution in [0.25, 0.3) is 11.6 Å². The summed E-state index contributed by atoms with van der Waals surface area (Å²) < 4.78 is 11.1. The first kappa shape index (κ1) is 11.2. The first-order valence-corrected chi connectivity index (χ1v) is 7.54. The minimum atomic E-state index is 0.313. The summed E-state index contributed by atoms with van der Waals surface area (Å²) in [6.45, 7) is 1.89. The first-order chi connectivity index (χ1) is 8.33. The third-order valence-corrected chi connectivity index (χ3v) is 5.26. The molecule has 0 amide bonds. The summed E-state index contributed by atoms with van der Waals surface area (Å²) in [6, 6.07) is 0. The van der Waals surface area contributed by atoms with E-state index in [1.165, 1.54) is 17.9 Å². The quantitative estimate of drug-likeness (QED) is 0.830. The minimum absolute atomic E-state index is 0.313. The van der Waals surface area contributed by atoms with Crippen molar-refractivity contribution in [3.63, 3.8) is 0 Å². The van der Waals surface area contributed by atoms with E-state index in [0.29, 0.717) is 16.2 Å². The van der Waals surface area contributed by atoms with Gasteiger partial charge in [0.2, 0.25) is 11.8 Å². The summed E-state index contributed by atoms with van der Waals surface area (Å²) in [5, 5.41) is 0. The van der Waals surface area contributed by atoms with Gasteiger partial charge in [-0.15, -0.1) is 23.5 Å². The van der Waals surface area contributed by atoms with Gasteiger partial charge < -0.3 is 8.83 Å². The van der Waals surface area contributed by atoms with Gasteiger partial charge >= 0.3 is 0 Å². The molecule has 6 heteroatoms. The van der Waals surface area contributed by atoms with Crippen LogP contribution in [0.5, 0.6) is 0 Å². The zero-order chi connectivity index (χ0) is 11.7. The number of nitrogens with zero attached hydrogens (tertiary/aromatic N) is 2. The molecule has 17 heavy (non-hydrogen) atoms. The molecular formula is C11H12N2O2S2. The number of oxazole rings is 2. The predicted molar refractivity (Wildman–Crippen MR) is 69.0 cm³/mol. The van der Waals surface area contributed by atoms with Gasteiger partial charge in [-0.05, 0) is 24.9 Å². The SMILES string of the molecule is Cc1coc(-c2coc(C3SCCCS3)n2)n1. The van der Waals surface area contributed by atoms with Gasteiger partial charge in [0.25, 0.3) is 0 Å². The molecule has 4 nitrogen and oxygen atoms in total. The molecule has 2 aromatic rings. The second kappa shape index (κ2) is 4.78. The van der Waals surface area contributed by atoms with E-state index in [0.717, 1.165) is 11.6 Å². The lowest BCUT2D eigenvalue weighted by Crippen LogP contribution is -2.00. The van der Waals surface area contributed by atoms with Crippen LogP contribution in [-0.2, 0) is 0 Å². The third kappa shape index (κ3) is 2.37. The highest BCUT2D eigenvalue weighted by Crippen LogP contribution is 2.43. The van der Waals surface area contributed by atoms with E-state index in [4.69, 9.17) is 8.83 Å². The molecule has 0 aliphatic carbocycles. The van der Waals surface area contributed by atoms with E-state index in [1.807, 2.05) is 30.4 Å². The highest BCUT2D eigenvalue weighted by atomic mass is 32.2. The fraction of sp³-hybridized carbons (Fsp3) is 0.455. The maximum Gasteiger partial charge on any atom is 0.248 e. The molecule has 0 bridgehead atoms. The van der Waals surface area contributed by atoms with Crippen molar-refractivity contribution >= 4 is 23.5 Å². The summed E-state index contributed by atoms with van der Waals surface area (Å²) >= 11 is 3.77. The molecule has 3 rings (SSSR count). The van der Waals surface area contributed by atoms with Crippen LogP contribution < -0.4 is 0 Å². The van der Waals surface area contributed by atoms with Gasteiger partial charge in [-0.3, -0.25) is 0 Å². The molecule has 90 valence electrons. The number of thioether (sulfide) groups is 2. The molecule has 3 heterocycles. The maximum absolute atomic E-state index is 5.52. The van der Waals surface area contributed by atoms with Crippen molar-refractivity contribution in [3.05, 3.63) is 24.1 Å². The average Bonchev–Trinajstić information content (AvgIpc) is 2.98. The van der Waals surface area contributed by atoms with E-state index >= 15 is 0 Å². The molecule has 0 spiro atoms. The maximum atomic E-state index is 5.52. The molecule has 1 aliphatic heterocycles. The van der Waals surface area contributed by atoms with Gasteiger partial charge in [0, 0.05) is 0 Å². The van der Waals surface area contributed by atoms with Crippen LogP contribution in [0, 0.1) is 6.92 Å². The highest BCUT2D eigenvalue weighted by molar-refractivity contribution is 8.16. The Labute approximate surface area is 108 Å². The van der Waals surface area contributed by atoms with Crippen LogP contribution in [0.3, 0.4) is 0 Å². The monoisotopic (exact) mass is 268 g/mol. The summed E-state index contributed by atoms with van der Waals surface area (Å²) in [7, 11) is 0. The molecule has 0 aromatic carbocycles. The summed E-state index contributed by atoms with van der Waals surface area (Å²) in [4.78, 5) is 8.69. The van der Waals surface area contributed by atoms with Crippen molar-refractivity contribution in [1.29, 1.82) is 0 Å². The predicted octanol–water partition coefficient (Wildman–Crippen LogP) is 3.51. The van der Waals surface area contributed by atoms with Crippen molar-refractivity contribution in [2.45, 2.75) is 17.9 Å². The van der Waals surface area contributed by atoms with E-state index in [1.54, 1.807) is 12.5 Å². The Morgan fingerprint density at radius 1 is 1.18 bits per heavy atom. The van der Waals surface area contributed by atoms with Gasteiger partial charge in [0.05, 0.1) is 5.69 Å². The standard InChI is InChI=1S/C11H12N2O2S2/c1-7-5-14-9(12-7)8-6-15-10(13-8)11-16-3-2-4-17-11/h5-6,11H,2-4H2,1H3. The smallest absolute Gasteiger partial charge is 0.248 e. The topological polar surface area (TPSA) is 52.1 Å². The average molecular weight is 268 g/mol. The van der Waals surface area contributed by atoms with Gasteiger partial charge in [-0.2, -0.15) is 0 Å². The van der Waals surface area contributed by atoms with Crippen molar-refractivity contribution in [2.75, 3.05) is 11.5 Å². The molecule has 1 fully saturated rings. The van der Waals surface area contributed by atoms with Crippen molar-refractivity contribution < 1.29 is 8.83 Å². The largest absolute Gasteiger partial charge is 0.446 e. The second-order valence-electron chi connectivity index (χ2n) is 3.79. The lowest BCUT2D eigenvalue weighted by molar-refractivity contribution is 0.514. The normalized spacial score (nSPS) is 17.5. The van der Waals surface area contributed by atoms with E-state index in [2.05, 4.69) is 9.97 Å². The lowest BCUT2D eigenvalue weighted by atomic mass is 10.5. The first-order valence-electron chi connectivity index (χ1n) is 5.44. The van der Waals surface area contributed by atoms with E-state index < -0.39 is 0 Å². The van der Waals surface area contributed by atoms with Crippen molar-refractivity contribution in [2.24, 2.45) is 0 Å². The van der Waals surface area contributed by atoms with Gasteiger partial charge in [-0.25, -0.2) is 9.97 Å². The molecule has 0 unspecified atom stereocenters. The fourth-order valence-electron chi connectivity index (χ4n) is 1.60. The Hall–Kier alpha value is -0.880. The minimum Gasteiger partial charge on any atom is -0.446 e. The number of aryl methyl sites for hydroxylation is 1. The molecule has 0 N–H and O–H groups in total. The van der Waals surface area contributed by atoms with Gasteiger partial charge in [-0.1, -0.05) is 0 Å². The van der Waals surface area contributed by atoms with Crippen LogP contribution in [0.1, 0.15) is 22.6 Å². The molecule has 0 saturated carbocycles. The van der Waals surface area contributed by atoms with Crippen LogP contribution in [0.2, 0.25) is 0 Å². The summed E-state index contributed by atoms with van der Waals surface area (Å²) in [6.07, 6.45) is 4.50. The van der Waals surface area contributed by atoms with E-state index in [-0.39, 0.29) is 0 Å². The van der Waals surface area contributed by atoms with Crippen LogP contribution in [-0.4, -0.2) is 21.5 Å². The second-order valence-corrected chi connectivity index (χ2v) is 6.52. The number of aromatic nitrogens is 2. The Kier molecular flexibility index (Phi) is 3.15. The lowest BCUT2D eigenvalue weighted by Gasteiger charge is -2.17. The molecule has 2 aromatic heterocycles. The number of rotatable bonds is 2. The molecule has 0 atom stereocenters. The van der Waals surface area contributed by atoms with Crippen LogP contribution >= 0.6 is 23.5 Å². The van der Waals surface area contributed by atoms with Gasteiger partial charge in [0.1, 0.15) is 17.1 Å². The Morgan fingerprint density at radius 2 is 2.00 bits per heavy atom. The number of hydrogen-bond acceptors (Lipinski definition) is 6. The zero-order valence-corrected chi connectivity index (χ0v) is 11.0. The fourth-order valence-corrected chi connectivity index (χ4v) is 4.29. The molecule has 1 aliphatic rings. The summed E-state index contributed by atoms with van der Waals surface area (Å²) in [5.74, 6) is 3.65. The van der Waals surface area contributed by atoms with E-state index in [9.17, 15) is 0 Å². The summed E-state index contributed by atoms with van der Waals surface area (Å²) in [5.41, 5.74) is 1.53. The highest BCUT2D eigenvalue weighted by Gasteiger charge is 2.22. The number of hydrogen-bond donors (Lipinski definition) is 0. The molecule has 0 radical (unpaired) electrons. The third-order valence-electron chi connectivity index (χ3n) is 2.39.